The van der Waals surface area contributed by atoms with Crippen LogP contribution in [0.2, 0.25) is 0 Å². The summed E-state index contributed by atoms with van der Waals surface area (Å²) in [6, 6.07) is 0.548. The summed E-state index contributed by atoms with van der Waals surface area (Å²) >= 11 is 0. The minimum Gasteiger partial charge on any atom is -0.481 e. The van der Waals surface area contributed by atoms with Crippen molar-refractivity contribution in [3.63, 3.8) is 0 Å². The van der Waals surface area contributed by atoms with Crippen LogP contribution in [0.15, 0.2) is 0 Å². The Labute approximate surface area is 109 Å². The number of likely N-dealkylation sites (tertiary alicyclic amines) is 1. The molecule has 5 nitrogen and oxygen atoms in total. The summed E-state index contributed by atoms with van der Waals surface area (Å²) in [5, 5.41) is 9.45. The molecule has 2 heterocycles. The molecule has 2 rings (SSSR count). The molecule has 2 saturated heterocycles. The van der Waals surface area contributed by atoms with Gasteiger partial charge < -0.3 is 19.6 Å². The Kier molecular flexibility index (Phi) is 4.25. The number of carbonyl (C=O) groups is 1. The predicted octanol–water partition coefficient (Wildman–Crippen LogP) is 0.504. The van der Waals surface area contributed by atoms with Crippen LogP contribution in [0.4, 0.5) is 0 Å². The van der Waals surface area contributed by atoms with E-state index < -0.39 is 11.4 Å². The molecule has 2 aliphatic rings. The maximum atomic E-state index is 11.5. The maximum Gasteiger partial charge on any atom is 0.313 e. The zero-order valence-electron chi connectivity index (χ0n) is 11.4. The third-order valence-corrected chi connectivity index (χ3v) is 4.29. The highest BCUT2D eigenvalue weighted by Crippen LogP contribution is 2.31. The number of ether oxygens (including phenoxy) is 1. The monoisotopic (exact) mass is 256 g/mol. The molecule has 5 heteroatoms. The van der Waals surface area contributed by atoms with E-state index >= 15 is 0 Å². The van der Waals surface area contributed by atoms with Gasteiger partial charge in [-0.05, 0) is 39.9 Å². The molecule has 0 aliphatic carbocycles. The molecule has 0 saturated carbocycles. The van der Waals surface area contributed by atoms with Crippen LogP contribution in [0, 0.1) is 5.41 Å². The number of carboxylic acid groups (broad SMARTS) is 1. The molecule has 2 unspecified atom stereocenters. The lowest BCUT2D eigenvalue weighted by Gasteiger charge is -2.39. The van der Waals surface area contributed by atoms with Crippen molar-refractivity contribution in [3.8, 4) is 0 Å². The Bertz CT molecular complexity index is 301. The van der Waals surface area contributed by atoms with Crippen molar-refractivity contribution >= 4 is 5.97 Å². The highest BCUT2D eigenvalue weighted by atomic mass is 16.5. The molecular weight excluding hydrogens is 232 g/mol. The normalized spacial score (nSPS) is 34.1. The van der Waals surface area contributed by atoms with Crippen LogP contribution in [-0.2, 0) is 9.53 Å². The van der Waals surface area contributed by atoms with Gasteiger partial charge in [-0.15, -0.1) is 0 Å². The van der Waals surface area contributed by atoms with Gasteiger partial charge >= 0.3 is 5.97 Å². The van der Waals surface area contributed by atoms with E-state index in [4.69, 9.17) is 4.74 Å². The van der Waals surface area contributed by atoms with Crippen LogP contribution in [0.25, 0.3) is 0 Å². The second-order valence-electron chi connectivity index (χ2n) is 5.88. The summed E-state index contributed by atoms with van der Waals surface area (Å²) in [5.41, 5.74) is -0.672. The van der Waals surface area contributed by atoms with Crippen LogP contribution in [0.1, 0.15) is 19.3 Å². The average molecular weight is 256 g/mol. The Morgan fingerprint density at radius 3 is 2.89 bits per heavy atom. The van der Waals surface area contributed by atoms with Gasteiger partial charge in [-0.2, -0.15) is 0 Å². The fourth-order valence-corrected chi connectivity index (χ4v) is 2.99. The zero-order valence-corrected chi connectivity index (χ0v) is 11.4. The van der Waals surface area contributed by atoms with Gasteiger partial charge in [-0.1, -0.05) is 0 Å². The first-order valence-electron chi connectivity index (χ1n) is 6.73. The van der Waals surface area contributed by atoms with Crippen LogP contribution >= 0.6 is 0 Å². The van der Waals surface area contributed by atoms with Crippen molar-refractivity contribution in [1.29, 1.82) is 0 Å². The SMILES string of the molecule is CN(C)C1CCCN(CC2(C(=O)O)CCOC2)C1. The topological polar surface area (TPSA) is 53.0 Å². The Hall–Kier alpha value is -0.650. The molecule has 1 N–H and O–H groups in total. The molecule has 2 fully saturated rings. The number of aliphatic carboxylic acids is 1. The van der Waals surface area contributed by atoms with Gasteiger partial charge in [0.2, 0.25) is 0 Å². The number of rotatable bonds is 4. The maximum absolute atomic E-state index is 11.5. The van der Waals surface area contributed by atoms with Gasteiger partial charge in [0.15, 0.2) is 0 Å². The summed E-state index contributed by atoms with van der Waals surface area (Å²) in [6.45, 7) is 3.57. The molecule has 0 bridgehead atoms. The fraction of sp³-hybridized carbons (Fsp3) is 0.923. The highest BCUT2D eigenvalue weighted by Gasteiger charge is 2.44. The molecular formula is C13H24N2O3. The van der Waals surface area contributed by atoms with Crippen LogP contribution in [0.3, 0.4) is 0 Å². The molecule has 0 aromatic rings. The number of likely N-dealkylation sites (N-methyl/N-ethyl adjacent to an activating group) is 1. The fourth-order valence-electron chi connectivity index (χ4n) is 2.99. The van der Waals surface area contributed by atoms with Crippen molar-refractivity contribution in [3.05, 3.63) is 0 Å². The third-order valence-electron chi connectivity index (χ3n) is 4.29. The van der Waals surface area contributed by atoms with Crippen molar-refractivity contribution in [2.24, 2.45) is 5.41 Å². The van der Waals surface area contributed by atoms with Crippen LogP contribution in [-0.4, -0.2) is 73.9 Å². The van der Waals surface area contributed by atoms with E-state index in [9.17, 15) is 9.90 Å². The number of carboxylic acids is 1. The standard InChI is InChI=1S/C13H24N2O3/c1-14(2)11-4-3-6-15(8-11)9-13(12(16)17)5-7-18-10-13/h11H,3-10H2,1-2H3,(H,16,17). The van der Waals surface area contributed by atoms with Gasteiger partial charge in [0, 0.05) is 25.7 Å². The van der Waals surface area contributed by atoms with Gasteiger partial charge in [0.1, 0.15) is 5.41 Å². The van der Waals surface area contributed by atoms with Gasteiger partial charge in [-0.3, -0.25) is 4.79 Å². The van der Waals surface area contributed by atoms with E-state index in [1.54, 1.807) is 0 Å². The number of piperidine rings is 1. The predicted molar refractivity (Wildman–Crippen MR) is 68.7 cm³/mol. The second kappa shape index (κ2) is 5.55. The van der Waals surface area contributed by atoms with Gasteiger partial charge in [0.25, 0.3) is 0 Å². The molecule has 0 amide bonds. The molecule has 0 radical (unpaired) electrons. The minimum absolute atomic E-state index is 0.367. The minimum atomic E-state index is -0.702. The lowest BCUT2D eigenvalue weighted by Crippen LogP contribution is -2.51. The summed E-state index contributed by atoms with van der Waals surface area (Å²) in [5.74, 6) is -0.702. The molecule has 2 atom stereocenters. The van der Waals surface area contributed by atoms with Crippen LogP contribution < -0.4 is 0 Å². The Balaban J connectivity index is 1.97. The van der Waals surface area contributed by atoms with E-state index in [1.165, 1.54) is 6.42 Å². The summed E-state index contributed by atoms with van der Waals surface area (Å²) < 4.78 is 5.32. The summed E-state index contributed by atoms with van der Waals surface area (Å²) in [4.78, 5) is 16.0. The van der Waals surface area contributed by atoms with E-state index in [-0.39, 0.29) is 0 Å². The first-order valence-corrected chi connectivity index (χ1v) is 6.73. The summed E-state index contributed by atoms with van der Waals surface area (Å²) in [7, 11) is 4.19. The average Bonchev–Trinajstić information content (AvgIpc) is 2.79. The van der Waals surface area contributed by atoms with Gasteiger partial charge in [0.05, 0.1) is 6.61 Å². The number of hydrogen-bond donors (Lipinski definition) is 1. The van der Waals surface area contributed by atoms with Crippen molar-refractivity contribution in [2.75, 3.05) is 46.9 Å². The van der Waals surface area contributed by atoms with Crippen molar-refractivity contribution in [1.82, 2.24) is 9.80 Å². The quantitative estimate of drug-likeness (QED) is 0.794. The molecule has 2 aliphatic heterocycles. The zero-order chi connectivity index (χ0) is 13.2. The third kappa shape index (κ3) is 2.84. The number of hydrogen-bond acceptors (Lipinski definition) is 4. The Morgan fingerprint density at radius 1 is 1.56 bits per heavy atom. The van der Waals surface area contributed by atoms with Crippen molar-refractivity contribution < 1.29 is 14.6 Å². The lowest BCUT2D eigenvalue weighted by molar-refractivity contribution is -0.150. The number of nitrogens with zero attached hydrogens (tertiary/aromatic N) is 2. The van der Waals surface area contributed by atoms with E-state index in [0.29, 0.717) is 32.2 Å². The molecule has 0 spiro atoms. The van der Waals surface area contributed by atoms with E-state index in [0.717, 1.165) is 19.5 Å². The molecule has 0 aromatic carbocycles. The second-order valence-corrected chi connectivity index (χ2v) is 5.88. The van der Waals surface area contributed by atoms with E-state index in [2.05, 4.69) is 23.9 Å². The first kappa shape index (κ1) is 13.8. The molecule has 104 valence electrons. The molecule has 18 heavy (non-hydrogen) atoms. The van der Waals surface area contributed by atoms with Crippen molar-refractivity contribution in [2.45, 2.75) is 25.3 Å². The van der Waals surface area contributed by atoms with E-state index in [1.807, 2.05) is 0 Å². The smallest absolute Gasteiger partial charge is 0.313 e. The highest BCUT2D eigenvalue weighted by molar-refractivity contribution is 5.75. The lowest BCUT2D eigenvalue weighted by atomic mass is 9.86. The van der Waals surface area contributed by atoms with Gasteiger partial charge in [-0.25, -0.2) is 0 Å². The summed E-state index contributed by atoms with van der Waals surface area (Å²) in [6.07, 6.45) is 3.00. The van der Waals surface area contributed by atoms with Crippen LogP contribution in [0.5, 0.6) is 0 Å². The molecule has 0 aromatic heterocycles. The largest absolute Gasteiger partial charge is 0.481 e. The Morgan fingerprint density at radius 2 is 2.33 bits per heavy atom. The first-order chi connectivity index (χ1) is 8.53.